The van der Waals surface area contributed by atoms with E-state index in [1.807, 2.05) is 0 Å². The molecule has 28 heavy (non-hydrogen) atoms. The molecule has 0 radical (unpaired) electrons. The predicted octanol–water partition coefficient (Wildman–Crippen LogP) is 1.58. The third kappa shape index (κ3) is 2.92. The van der Waals surface area contributed by atoms with E-state index >= 15 is 0 Å². The average molecular weight is 401 g/mol. The highest BCUT2D eigenvalue weighted by Gasteiger charge is 2.52. The molecule has 0 aromatic heterocycles. The van der Waals surface area contributed by atoms with Crippen LogP contribution in [0, 0.1) is 0 Å². The number of carbonyl (C=O) groups is 2. The first-order valence-electron chi connectivity index (χ1n) is 8.79. The number of hydrogen-bond acceptors (Lipinski definition) is 5. The van der Waals surface area contributed by atoms with Crippen LogP contribution in [0.4, 0.5) is 10.5 Å². The summed E-state index contributed by atoms with van der Waals surface area (Å²) in [6, 6.07) is 12.4. The molecule has 2 aromatic rings. The summed E-state index contributed by atoms with van der Waals surface area (Å²) in [6.07, 6.45) is 0.375. The van der Waals surface area contributed by atoms with Gasteiger partial charge in [0.05, 0.1) is 23.7 Å². The monoisotopic (exact) mass is 401 g/mol. The second-order valence-electron chi connectivity index (χ2n) is 6.59. The van der Waals surface area contributed by atoms with Gasteiger partial charge in [-0.2, -0.15) is 4.31 Å². The Morgan fingerprint density at radius 1 is 1.07 bits per heavy atom. The van der Waals surface area contributed by atoms with Crippen molar-refractivity contribution in [2.24, 2.45) is 0 Å². The second-order valence-corrected chi connectivity index (χ2v) is 8.48. The van der Waals surface area contributed by atoms with Crippen molar-refractivity contribution in [1.29, 1.82) is 0 Å². The molecule has 2 heterocycles. The minimum Gasteiger partial charge on any atom is -0.497 e. The molecule has 2 atom stereocenters. The minimum absolute atomic E-state index is 0.119. The van der Waals surface area contributed by atoms with Gasteiger partial charge >= 0.3 is 6.03 Å². The number of nitrogens with zero attached hydrogens (tertiary/aromatic N) is 2. The highest BCUT2D eigenvalue weighted by atomic mass is 32.2. The molecule has 0 bridgehead atoms. The Labute approximate surface area is 162 Å². The van der Waals surface area contributed by atoms with E-state index < -0.39 is 34.0 Å². The number of amides is 3. The number of rotatable bonds is 4. The van der Waals surface area contributed by atoms with Crippen LogP contribution in [0.5, 0.6) is 5.75 Å². The van der Waals surface area contributed by atoms with E-state index in [0.29, 0.717) is 17.9 Å². The second kappa shape index (κ2) is 6.92. The topological polar surface area (TPSA) is 96.0 Å². The number of urea groups is 1. The number of hydrogen-bond donors (Lipinski definition) is 1. The molecule has 0 saturated carbocycles. The Kier molecular flexibility index (Phi) is 4.56. The van der Waals surface area contributed by atoms with Crippen LogP contribution in [-0.2, 0) is 14.8 Å². The Morgan fingerprint density at radius 2 is 1.82 bits per heavy atom. The van der Waals surface area contributed by atoms with Crippen molar-refractivity contribution in [1.82, 2.24) is 9.62 Å². The predicted molar refractivity (Wildman–Crippen MR) is 102 cm³/mol. The van der Waals surface area contributed by atoms with E-state index in [1.54, 1.807) is 42.5 Å². The molecule has 2 aliphatic heterocycles. The van der Waals surface area contributed by atoms with E-state index in [9.17, 15) is 18.0 Å². The lowest BCUT2D eigenvalue weighted by molar-refractivity contribution is -0.122. The van der Waals surface area contributed by atoms with Gasteiger partial charge in [0.1, 0.15) is 11.8 Å². The van der Waals surface area contributed by atoms with Gasteiger partial charge < -0.3 is 10.1 Å². The first-order valence-corrected chi connectivity index (χ1v) is 10.2. The fourth-order valence-electron chi connectivity index (χ4n) is 3.66. The SMILES string of the molecule is COc1cccc(N2C(=O)N[C@@H]3CCN(S(=O)(=O)c4ccccc4)[C@H]3C2=O)c1. The van der Waals surface area contributed by atoms with Crippen molar-refractivity contribution in [2.75, 3.05) is 18.6 Å². The van der Waals surface area contributed by atoms with Gasteiger partial charge in [-0.1, -0.05) is 24.3 Å². The van der Waals surface area contributed by atoms with Crippen molar-refractivity contribution in [2.45, 2.75) is 23.4 Å². The van der Waals surface area contributed by atoms with Gasteiger partial charge in [-0.15, -0.1) is 0 Å². The summed E-state index contributed by atoms with van der Waals surface area (Å²) in [5.41, 5.74) is 0.323. The fourth-order valence-corrected chi connectivity index (χ4v) is 5.31. The molecular weight excluding hydrogens is 382 g/mol. The third-order valence-electron chi connectivity index (χ3n) is 5.00. The zero-order chi connectivity index (χ0) is 19.9. The summed E-state index contributed by atoms with van der Waals surface area (Å²) in [5, 5.41) is 2.77. The molecule has 8 nitrogen and oxygen atoms in total. The maximum Gasteiger partial charge on any atom is 0.329 e. The summed E-state index contributed by atoms with van der Waals surface area (Å²) >= 11 is 0. The van der Waals surface area contributed by atoms with Gasteiger partial charge in [0.2, 0.25) is 10.0 Å². The molecule has 0 spiro atoms. The Bertz CT molecular complexity index is 1020. The summed E-state index contributed by atoms with van der Waals surface area (Å²) in [4.78, 5) is 26.9. The van der Waals surface area contributed by atoms with Crippen molar-refractivity contribution in [3.63, 3.8) is 0 Å². The Balaban J connectivity index is 1.71. The molecule has 2 saturated heterocycles. The number of sulfonamides is 1. The summed E-state index contributed by atoms with van der Waals surface area (Å²) < 4.78 is 32.5. The van der Waals surface area contributed by atoms with E-state index in [1.165, 1.54) is 23.5 Å². The first-order chi connectivity index (χ1) is 13.4. The highest BCUT2D eigenvalue weighted by Crippen LogP contribution is 2.32. The molecular formula is C19H19N3O5S. The lowest BCUT2D eigenvalue weighted by Gasteiger charge is -2.36. The molecule has 1 N–H and O–H groups in total. The van der Waals surface area contributed by atoms with Crippen LogP contribution in [0.1, 0.15) is 6.42 Å². The first kappa shape index (κ1) is 18.5. The van der Waals surface area contributed by atoms with Gasteiger partial charge in [0.25, 0.3) is 5.91 Å². The molecule has 3 amide bonds. The van der Waals surface area contributed by atoms with Gasteiger partial charge in [-0.05, 0) is 30.7 Å². The normalized spacial score (nSPS) is 22.7. The lowest BCUT2D eigenvalue weighted by Crippen LogP contribution is -2.64. The minimum atomic E-state index is -3.87. The van der Waals surface area contributed by atoms with Crippen LogP contribution in [-0.4, -0.2) is 50.4 Å². The smallest absolute Gasteiger partial charge is 0.329 e. The quantitative estimate of drug-likeness (QED) is 0.839. The molecule has 2 aliphatic rings. The third-order valence-corrected chi connectivity index (χ3v) is 6.89. The number of ether oxygens (including phenoxy) is 1. The number of benzene rings is 2. The van der Waals surface area contributed by atoms with Crippen LogP contribution in [0.25, 0.3) is 0 Å². The van der Waals surface area contributed by atoms with Crippen LogP contribution in [0.2, 0.25) is 0 Å². The number of anilines is 1. The van der Waals surface area contributed by atoms with E-state index in [2.05, 4.69) is 5.32 Å². The van der Waals surface area contributed by atoms with Crippen molar-refractivity contribution in [3.05, 3.63) is 54.6 Å². The number of carbonyl (C=O) groups excluding carboxylic acids is 2. The molecule has 4 rings (SSSR count). The van der Waals surface area contributed by atoms with E-state index in [4.69, 9.17) is 4.74 Å². The zero-order valence-corrected chi connectivity index (χ0v) is 15.9. The Morgan fingerprint density at radius 3 is 2.54 bits per heavy atom. The van der Waals surface area contributed by atoms with Crippen LogP contribution in [0.15, 0.2) is 59.5 Å². The largest absolute Gasteiger partial charge is 0.497 e. The molecule has 2 aromatic carbocycles. The molecule has 2 fully saturated rings. The number of fused-ring (bicyclic) bond motifs is 1. The van der Waals surface area contributed by atoms with Crippen molar-refractivity contribution in [3.8, 4) is 5.75 Å². The average Bonchev–Trinajstić information content (AvgIpc) is 3.14. The highest BCUT2D eigenvalue weighted by molar-refractivity contribution is 7.89. The molecule has 146 valence electrons. The standard InChI is InChI=1S/C19H19N3O5S/c1-27-14-7-5-6-13(12-14)22-18(23)17-16(20-19(22)24)10-11-21(17)28(25,26)15-8-3-2-4-9-15/h2-9,12,16-17H,10-11H2,1H3,(H,20,24)/t16-,17-/m1/s1. The van der Waals surface area contributed by atoms with Crippen LogP contribution < -0.4 is 15.0 Å². The zero-order valence-electron chi connectivity index (χ0n) is 15.1. The number of imide groups is 1. The molecule has 9 heteroatoms. The van der Waals surface area contributed by atoms with Gasteiger partial charge in [0.15, 0.2) is 0 Å². The van der Waals surface area contributed by atoms with Gasteiger partial charge in [-0.3, -0.25) is 4.79 Å². The molecule has 0 aliphatic carbocycles. The van der Waals surface area contributed by atoms with Gasteiger partial charge in [0, 0.05) is 12.6 Å². The van der Waals surface area contributed by atoms with E-state index in [0.717, 1.165) is 4.90 Å². The van der Waals surface area contributed by atoms with E-state index in [-0.39, 0.29) is 11.4 Å². The van der Waals surface area contributed by atoms with Crippen molar-refractivity contribution < 1.29 is 22.7 Å². The summed E-state index contributed by atoms with van der Waals surface area (Å²) in [5.74, 6) is -0.0839. The fraction of sp³-hybridized carbons (Fsp3) is 0.263. The number of methoxy groups -OCH3 is 1. The van der Waals surface area contributed by atoms with Crippen LogP contribution >= 0.6 is 0 Å². The number of nitrogens with one attached hydrogen (secondary N) is 1. The van der Waals surface area contributed by atoms with Crippen LogP contribution in [0.3, 0.4) is 0 Å². The van der Waals surface area contributed by atoms with Gasteiger partial charge in [-0.25, -0.2) is 18.1 Å². The maximum atomic E-state index is 13.2. The van der Waals surface area contributed by atoms with Crippen molar-refractivity contribution >= 4 is 27.6 Å². The maximum absolute atomic E-state index is 13.2. The summed E-state index contributed by atoms with van der Waals surface area (Å²) in [6.45, 7) is 0.157. The lowest BCUT2D eigenvalue weighted by atomic mass is 10.1. The summed E-state index contributed by atoms with van der Waals surface area (Å²) in [7, 11) is -2.38. The molecule has 0 unspecified atom stereocenters. The Hall–Kier alpha value is -2.91.